The van der Waals surface area contributed by atoms with Gasteiger partial charge in [0.1, 0.15) is 0 Å². The highest BCUT2D eigenvalue weighted by molar-refractivity contribution is 7.98. The minimum absolute atomic E-state index is 0.851. The van der Waals surface area contributed by atoms with Gasteiger partial charge in [0.25, 0.3) is 0 Å². The third-order valence-corrected chi connectivity index (χ3v) is 4.28. The molecule has 3 rings (SSSR count). The van der Waals surface area contributed by atoms with E-state index >= 15 is 0 Å². The summed E-state index contributed by atoms with van der Waals surface area (Å²) in [7, 11) is 0. The van der Waals surface area contributed by atoms with Crippen LogP contribution in [0.15, 0.2) is 40.9 Å². The molecule has 0 spiro atoms. The van der Waals surface area contributed by atoms with Gasteiger partial charge >= 0.3 is 0 Å². The van der Waals surface area contributed by atoms with Crippen molar-refractivity contribution in [2.75, 3.05) is 0 Å². The summed E-state index contributed by atoms with van der Waals surface area (Å²) < 4.78 is 1.90. The van der Waals surface area contributed by atoms with Crippen molar-refractivity contribution >= 4 is 28.1 Å². The van der Waals surface area contributed by atoms with E-state index in [1.54, 1.807) is 23.1 Å². The Morgan fingerprint density at radius 2 is 2.12 bits per heavy atom. The van der Waals surface area contributed by atoms with E-state index in [0.29, 0.717) is 0 Å². The molecule has 0 radical (unpaired) electrons. The zero-order valence-corrected chi connectivity index (χ0v) is 11.0. The molecule has 3 aromatic rings. The number of rotatable bonds is 3. The van der Waals surface area contributed by atoms with E-state index in [1.807, 2.05) is 17.5 Å². The molecule has 0 bridgehead atoms. The molecule has 0 fully saturated rings. The van der Waals surface area contributed by atoms with Gasteiger partial charge in [-0.3, -0.25) is 0 Å². The van der Waals surface area contributed by atoms with Gasteiger partial charge in [-0.25, -0.2) is 4.52 Å². The van der Waals surface area contributed by atoms with Gasteiger partial charge in [0.05, 0.1) is 5.69 Å². The zero-order chi connectivity index (χ0) is 11.7. The van der Waals surface area contributed by atoms with Crippen LogP contribution in [0.25, 0.3) is 4.96 Å². The molecule has 0 aliphatic carbocycles. The number of aryl methyl sites for hydroxylation is 1. The van der Waals surface area contributed by atoms with Crippen LogP contribution in [0, 0.1) is 6.92 Å². The van der Waals surface area contributed by atoms with E-state index < -0.39 is 0 Å². The molecule has 0 saturated heterocycles. The fraction of sp³-hybridized carbons (Fsp3) is 0.167. The van der Waals surface area contributed by atoms with Gasteiger partial charge in [0, 0.05) is 11.1 Å². The van der Waals surface area contributed by atoms with Crippen LogP contribution in [0.4, 0.5) is 0 Å². The fourth-order valence-electron chi connectivity index (χ4n) is 1.56. The largest absolute Gasteiger partial charge is 0.213 e. The number of thioether (sulfide) groups is 1. The maximum absolute atomic E-state index is 4.48. The van der Waals surface area contributed by atoms with Gasteiger partial charge < -0.3 is 0 Å². The standard InChI is InChI=1S/C12H11N3S2/c1-9-7-17-12-13-11(14-15(9)12)16-8-10-5-3-2-4-6-10/h2-7H,8H2,1H3. The van der Waals surface area contributed by atoms with E-state index in [2.05, 4.69) is 39.7 Å². The van der Waals surface area contributed by atoms with Crippen LogP contribution in [0.5, 0.6) is 0 Å². The minimum atomic E-state index is 0.851. The van der Waals surface area contributed by atoms with Crippen molar-refractivity contribution in [3.8, 4) is 0 Å². The molecule has 2 aromatic heterocycles. The highest BCUT2D eigenvalue weighted by atomic mass is 32.2. The summed E-state index contributed by atoms with van der Waals surface area (Å²) in [6.45, 7) is 2.05. The number of fused-ring (bicyclic) bond motifs is 1. The van der Waals surface area contributed by atoms with Crippen LogP contribution in [0.2, 0.25) is 0 Å². The Bertz CT molecular complexity index is 628. The number of hydrogen-bond acceptors (Lipinski definition) is 4. The molecule has 0 aliphatic rings. The Morgan fingerprint density at radius 3 is 2.88 bits per heavy atom. The van der Waals surface area contributed by atoms with E-state index in [0.717, 1.165) is 21.6 Å². The average molecular weight is 261 g/mol. The smallest absolute Gasteiger partial charge is 0.207 e. The third-order valence-electron chi connectivity index (χ3n) is 2.44. The molecule has 1 aromatic carbocycles. The first-order chi connectivity index (χ1) is 8.33. The molecule has 86 valence electrons. The normalized spacial score (nSPS) is 11.1. The average Bonchev–Trinajstić information content (AvgIpc) is 2.91. The summed E-state index contributed by atoms with van der Waals surface area (Å²) in [6.07, 6.45) is 0. The first kappa shape index (κ1) is 10.8. The van der Waals surface area contributed by atoms with Crippen LogP contribution in [-0.4, -0.2) is 14.6 Å². The number of benzene rings is 1. The van der Waals surface area contributed by atoms with E-state index in [1.165, 1.54) is 5.56 Å². The van der Waals surface area contributed by atoms with Gasteiger partial charge in [0.2, 0.25) is 10.1 Å². The maximum Gasteiger partial charge on any atom is 0.213 e. The summed E-state index contributed by atoms with van der Waals surface area (Å²) >= 11 is 3.31. The lowest BCUT2D eigenvalue weighted by molar-refractivity contribution is 0.865. The Balaban J connectivity index is 1.77. The van der Waals surface area contributed by atoms with Crippen LogP contribution < -0.4 is 0 Å². The van der Waals surface area contributed by atoms with Crippen LogP contribution in [-0.2, 0) is 5.75 Å². The van der Waals surface area contributed by atoms with Crippen molar-refractivity contribution in [2.45, 2.75) is 17.8 Å². The Labute approximate surface area is 108 Å². The molecule has 0 unspecified atom stereocenters. The summed E-state index contributed by atoms with van der Waals surface area (Å²) in [5.41, 5.74) is 2.44. The van der Waals surface area contributed by atoms with Gasteiger partial charge in [-0.15, -0.1) is 16.4 Å². The highest BCUT2D eigenvalue weighted by Gasteiger charge is 2.07. The fourth-order valence-corrected chi connectivity index (χ4v) is 3.19. The number of hydrogen-bond donors (Lipinski definition) is 0. The monoisotopic (exact) mass is 261 g/mol. The van der Waals surface area contributed by atoms with Crippen LogP contribution in [0.1, 0.15) is 11.3 Å². The van der Waals surface area contributed by atoms with Crippen molar-refractivity contribution in [3.05, 3.63) is 47.0 Å². The van der Waals surface area contributed by atoms with Crippen molar-refractivity contribution in [3.63, 3.8) is 0 Å². The minimum Gasteiger partial charge on any atom is -0.207 e. The number of nitrogens with zero attached hydrogens (tertiary/aromatic N) is 3. The van der Waals surface area contributed by atoms with Crippen molar-refractivity contribution < 1.29 is 0 Å². The number of aromatic nitrogens is 3. The van der Waals surface area contributed by atoms with Gasteiger partial charge in [-0.2, -0.15) is 4.98 Å². The predicted molar refractivity (Wildman–Crippen MR) is 71.6 cm³/mol. The van der Waals surface area contributed by atoms with Gasteiger partial charge in [0.15, 0.2) is 0 Å². The molecule has 0 N–H and O–H groups in total. The van der Waals surface area contributed by atoms with E-state index in [-0.39, 0.29) is 0 Å². The summed E-state index contributed by atoms with van der Waals surface area (Å²) in [4.78, 5) is 5.45. The molecule has 5 heteroatoms. The van der Waals surface area contributed by atoms with Crippen LogP contribution >= 0.6 is 23.1 Å². The quantitative estimate of drug-likeness (QED) is 0.677. The topological polar surface area (TPSA) is 30.2 Å². The summed E-state index contributed by atoms with van der Waals surface area (Å²) in [5.74, 6) is 0.914. The van der Waals surface area contributed by atoms with Crippen molar-refractivity contribution in [2.24, 2.45) is 0 Å². The van der Waals surface area contributed by atoms with Gasteiger partial charge in [-0.1, -0.05) is 42.1 Å². The molecule has 0 atom stereocenters. The van der Waals surface area contributed by atoms with E-state index in [4.69, 9.17) is 0 Å². The Kier molecular flexibility index (Phi) is 2.86. The molecule has 0 aliphatic heterocycles. The lowest BCUT2D eigenvalue weighted by atomic mass is 10.2. The Morgan fingerprint density at radius 1 is 1.29 bits per heavy atom. The first-order valence-electron chi connectivity index (χ1n) is 5.30. The predicted octanol–water partition coefficient (Wildman–Crippen LogP) is 3.39. The molecule has 3 nitrogen and oxygen atoms in total. The summed E-state index contributed by atoms with van der Waals surface area (Å²) in [6, 6.07) is 10.4. The summed E-state index contributed by atoms with van der Waals surface area (Å²) in [5, 5.41) is 7.39. The second-order valence-corrected chi connectivity index (χ2v) is 5.52. The molecule has 2 heterocycles. The second kappa shape index (κ2) is 4.50. The molecule has 0 amide bonds. The molecule has 0 saturated carbocycles. The van der Waals surface area contributed by atoms with Crippen LogP contribution in [0.3, 0.4) is 0 Å². The van der Waals surface area contributed by atoms with E-state index in [9.17, 15) is 0 Å². The molecule has 17 heavy (non-hydrogen) atoms. The molecular weight excluding hydrogens is 250 g/mol. The zero-order valence-electron chi connectivity index (χ0n) is 9.33. The second-order valence-electron chi connectivity index (χ2n) is 3.74. The van der Waals surface area contributed by atoms with Crippen molar-refractivity contribution in [1.29, 1.82) is 0 Å². The first-order valence-corrected chi connectivity index (χ1v) is 7.17. The highest BCUT2D eigenvalue weighted by Crippen LogP contribution is 2.22. The molecular formula is C12H11N3S2. The van der Waals surface area contributed by atoms with Crippen molar-refractivity contribution in [1.82, 2.24) is 14.6 Å². The number of thiazole rings is 1. The lowest BCUT2D eigenvalue weighted by Gasteiger charge is -1.96. The lowest BCUT2D eigenvalue weighted by Crippen LogP contribution is -1.86. The van der Waals surface area contributed by atoms with Gasteiger partial charge in [-0.05, 0) is 12.5 Å². The third kappa shape index (κ3) is 2.21. The SMILES string of the molecule is Cc1csc2nc(SCc3ccccc3)nn12. The maximum atomic E-state index is 4.48. The Hall–Kier alpha value is -1.33.